The summed E-state index contributed by atoms with van der Waals surface area (Å²) in [7, 11) is 0. The van der Waals surface area contributed by atoms with Crippen LogP contribution >= 0.6 is 11.6 Å². The fourth-order valence-electron chi connectivity index (χ4n) is 3.65. The number of nitrogens with zero attached hydrogens (tertiary/aromatic N) is 2. The van der Waals surface area contributed by atoms with Gasteiger partial charge in [-0.05, 0) is 36.4 Å². The van der Waals surface area contributed by atoms with Crippen LogP contribution in [0.4, 0.5) is 10.5 Å². The van der Waals surface area contributed by atoms with Gasteiger partial charge in [0.05, 0.1) is 6.54 Å². The lowest BCUT2D eigenvalue weighted by Gasteiger charge is -2.34. The molecular weight excluding hydrogens is 394 g/mol. The first-order valence-electron chi connectivity index (χ1n) is 9.50. The monoisotopic (exact) mass is 413 g/mol. The topological polar surface area (TPSA) is 67.2 Å². The van der Waals surface area contributed by atoms with Crippen molar-refractivity contribution in [3.8, 4) is 11.5 Å². The number of ether oxygens (including phenoxy) is 2. The molecule has 1 fully saturated rings. The second kappa shape index (κ2) is 7.50. The Morgan fingerprint density at radius 2 is 1.83 bits per heavy atom. The van der Waals surface area contributed by atoms with Crippen molar-refractivity contribution < 1.29 is 18.7 Å². The van der Waals surface area contributed by atoms with Crippen molar-refractivity contribution in [2.24, 2.45) is 0 Å². The largest absolute Gasteiger partial charge is 0.460 e. The number of furan rings is 1. The summed E-state index contributed by atoms with van der Waals surface area (Å²) in [6.07, 6.45) is 0. The van der Waals surface area contributed by atoms with Crippen molar-refractivity contribution in [2.45, 2.75) is 6.54 Å². The molecule has 3 heterocycles. The van der Waals surface area contributed by atoms with E-state index in [0.717, 1.165) is 29.8 Å². The molecule has 0 bridgehead atoms. The second-order valence-electron chi connectivity index (χ2n) is 7.16. The van der Waals surface area contributed by atoms with E-state index in [4.69, 9.17) is 25.5 Å². The number of urea groups is 1. The lowest BCUT2D eigenvalue weighted by molar-refractivity contribution is 0.137. The number of hydrogen-bond donors (Lipinski definition) is 1. The summed E-state index contributed by atoms with van der Waals surface area (Å²) in [5.74, 6) is 2.25. The van der Waals surface area contributed by atoms with Crippen LogP contribution in [0.25, 0.3) is 11.0 Å². The highest BCUT2D eigenvalue weighted by atomic mass is 35.5. The quantitative estimate of drug-likeness (QED) is 0.698. The van der Waals surface area contributed by atoms with Crippen molar-refractivity contribution in [3.05, 3.63) is 53.2 Å². The smallest absolute Gasteiger partial charge is 0.321 e. The number of carbonyl (C=O) groups excluding carboxylic acids is 1. The van der Waals surface area contributed by atoms with Crippen molar-refractivity contribution in [1.29, 1.82) is 0 Å². The molecule has 0 spiro atoms. The van der Waals surface area contributed by atoms with E-state index < -0.39 is 0 Å². The molecule has 0 aliphatic carbocycles. The average molecular weight is 414 g/mol. The Balaban J connectivity index is 1.16. The number of fused-ring (bicyclic) bond motifs is 2. The van der Waals surface area contributed by atoms with E-state index in [9.17, 15) is 4.79 Å². The van der Waals surface area contributed by atoms with E-state index in [1.165, 1.54) is 0 Å². The summed E-state index contributed by atoms with van der Waals surface area (Å²) in [5.41, 5.74) is 1.54. The minimum absolute atomic E-state index is 0.109. The Bertz CT molecular complexity index is 1060. The second-order valence-corrected chi connectivity index (χ2v) is 7.59. The molecule has 2 aliphatic rings. The number of rotatable bonds is 3. The Hall–Kier alpha value is -2.90. The summed E-state index contributed by atoms with van der Waals surface area (Å²) < 4.78 is 16.6. The zero-order chi connectivity index (χ0) is 19.8. The van der Waals surface area contributed by atoms with Gasteiger partial charge in [0.2, 0.25) is 6.79 Å². The molecule has 8 heteroatoms. The zero-order valence-electron chi connectivity index (χ0n) is 15.7. The Morgan fingerprint density at radius 3 is 2.69 bits per heavy atom. The van der Waals surface area contributed by atoms with Gasteiger partial charge in [0, 0.05) is 48.3 Å². The summed E-state index contributed by atoms with van der Waals surface area (Å²) in [6.45, 7) is 3.81. The lowest BCUT2D eigenvalue weighted by atomic mass is 10.2. The maximum atomic E-state index is 12.6. The maximum absolute atomic E-state index is 12.6. The van der Waals surface area contributed by atoms with E-state index in [0.29, 0.717) is 41.8 Å². The van der Waals surface area contributed by atoms with Gasteiger partial charge in [-0.3, -0.25) is 4.90 Å². The van der Waals surface area contributed by atoms with Crippen molar-refractivity contribution in [3.63, 3.8) is 0 Å². The first-order chi connectivity index (χ1) is 14.1. The highest BCUT2D eigenvalue weighted by Crippen LogP contribution is 2.34. The summed E-state index contributed by atoms with van der Waals surface area (Å²) in [6, 6.07) is 12.9. The van der Waals surface area contributed by atoms with E-state index in [1.807, 2.05) is 35.2 Å². The molecule has 7 nitrogen and oxygen atoms in total. The van der Waals surface area contributed by atoms with Gasteiger partial charge in [0.1, 0.15) is 11.3 Å². The molecule has 150 valence electrons. The lowest BCUT2D eigenvalue weighted by Crippen LogP contribution is -2.49. The highest BCUT2D eigenvalue weighted by Gasteiger charge is 2.23. The van der Waals surface area contributed by atoms with Crippen molar-refractivity contribution in [1.82, 2.24) is 9.80 Å². The van der Waals surface area contributed by atoms with Gasteiger partial charge >= 0.3 is 6.03 Å². The number of benzene rings is 2. The van der Waals surface area contributed by atoms with Gasteiger partial charge in [0.15, 0.2) is 11.5 Å². The van der Waals surface area contributed by atoms with Crippen LogP contribution in [0.3, 0.4) is 0 Å². The van der Waals surface area contributed by atoms with E-state index in [1.54, 1.807) is 12.1 Å². The van der Waals surface area contributed by atoms with Gasteiger partial charge in [-0.25, -0.2) is 4.79 Å². The van der Waals surface area contributed by atoms with Crippen LogP contribution in [0.2, 0.25) is 5.02 Å². The summed E-state index contributed by atoms with van der Waals surface area (Å²) in [4.78, 5) is 16.7. The standard InChI is InChI=1S/C21H20ClN3O4/c22-15-1-3-18-14(9-15)10-17(29-18)12-24-5-7-25(8-6-24)21(26)23-16-2-4-19-20(11-16)28-13-27-19/h1-4,9-11H,5-8,12-13H2,(H,23,26). The number of amides is 2. The summed E-state index contributed by atoms with van der Waals surface area (Å²) >= 11 is 6.04. The number of hydrogen-bond acceptors (Lipinski definition) is 5. The molecule has 29 heavy (non-hydrogen) atoms. The van der Waals surface area contributed by atoms with Crippen LogP contribution in [0.5, 0.6) is 11.5 Å². The third-order valence-electron chi connectivity index (χ3n) is 5.19. The number of nitrogens with one attached hydrogen (secondary N) is 1. The number of piperazine rings is 1. The van der Waals surface area contributed by atoms with Gasteiger partial charge in [-0.2, -0.15) is 0 Å². The van der Waals surface area contributed by atoms with Gasteiger partial charge < -0.3 is 24.1 Å². The summed E-state index contributed by atoms with van der Waals surface area (Å²) in [5, 5.41) is 4.64. The van der Waals surface area contributed by atoms with Crippen LogP contribution in [0.15, 0.2) is 46.9 Å². The zero-order valence-corrected chi connectivity index (χ0v) is 16.4. The predicted molar refractivity (Wildman–Crippen MR) is 110 cm³/mol. The molecule has 0 saturated carbocycles. The van der Waals surface area contributed by atoms with Crippen LogP contribution < -0.4 is 14.8 Å². The minimum atomic E-state index is -0.109. The van der Waals surface area contributed by atoms with Crippen molar-refractivity contribution >= 4 is 34.3 Å². The Kier molecular flexibility index (Phi) is 4.69. The maximum Gasteiger partial charge on any atom is 0.321 e. The minimum Gasteiger partial charge on any atom is -0.460 e. The van der Waals surface area contributed by atoms with Gasteiger partial charge in [-0.15, -0.1) is 0 Å². The third-order valence-corrected chi connectivity index (χ3v) is 5.43. The SMILES string of the molecule is O=C(Nc1ccc2c(c1)OCO2)N1CCN(Cc2cc3cc(Cl)ccc3o2)CC1. The molecule has 1 N–H and O–H groups in total. The van der Waals surface area contributed by atoms with E-state index >= 15 is 0 Å². The molecule has 0 radical (unpaired) electrons. The molecule has 3 aromatic rings. The van der Waals surface area contributed by atoms with Gasteiger partial charge in [0.25, 0.3) is 0 Å². The number of anilines is 1. The normalized spacial score (nSPS) is 16.4. The molecule has 2 aromatic carbocycles. The predicted octanol–water partition coefficient (Wildman–Crippen LogP) is 4.16. The molecule has 5 rings (SSSR count). The average Bonchev–Trinajstić information content (AvgIpc) is 3.34. The van der Waals surface area contributed by atoms with E-state index in [-0.39, 0.29) is 12.8 Å². The Labute approximate surface area is 172 Å². The fraction of sp³-hybridized carbons (Fsp3) is 0.286. The molecule has 0 atom stereocenters. The number of carbonyl (C=O) groups is 1. The van der Waals surface area contributed by atoms with Crippen LogP contribution in [0, 0.1) is 0 Å². The van der Waals surface area contributed by atoms with Crippen LogP contribution in [-0.4, -0.2) is 48.8 Å². The van der Waals surface area contributed by atoms with E-state index in [2.05, 4.69) is 10.2 Å². The van der Waals surface area contributed by atoms with Gasteiger partial charge in [-0.1, -0.05) is 11.6 Å². The first-order valence-corrected chi connectivity index (χ1v) is 9.88. The van der Waals surface area contributed by atoms with Crippen LogP contribution in [0.1, 0.15) is 5.76 Å². The first kappa shape index (κ1) is 18.1. The van der Waals surface area contributed by atoms with Crippen molar-refractivity contribution in [2.75, 3.05) is 38.3 Å². The van der Waals surface area contributed by atoms with Crippen LogP contribution in [-0.2, 0) is 6.54 Å². The Morgan fingerprint density at radius 1 is 1.00 bits per heavy atom. The molecule has 2 amide bonds. The number of halogens is 1. The molecular formula is C21H20ClN3O4. The molecule has 1 saturated heterocycles. The third kappa shape index (κ3) is 3.83. The fourth-order valence-corrected chi connectivity index (χ4v) is 3.83. The molecule has 2 aliphatic heterocycles. The molecule has 0 unspecified atom stereocenters. The molecule has 1 aromatic heterocycles. The highest BCUT2D eigenvalue weighted by molar-refractivity contribution is 6.31.